The van der Waals surface area contributed by atoms with Crippen molar-refractivity contribution in [2.75, 3.05) is 0 Å². The van der Waals surface area contributed by atoms with Crippen LogP contribution in [0.5, 0.6) is 0 Å². The van der Waals surface area contributed by atoms with Gasteiger partial charge in [-0.2, -0.15) is 22.8 Å². The normalized spacial score (nSPS) is 13.2. The summed E-state index contributed by atoms with van der Waals surface area (Å²) in [5, 5.41) is 0. The molecular formula is C32H42N4Ni. The zero-order valence-electron chi connectivity index (χ0n) is 23.9. The second-order valence-electron chi connectivity index (χ2n) is 10.7. The molecule has 0 aliphatic carbocycles. The number of nitrogens with zero attached hydrogens (tertiary/aromatic N) is 2. The summed E-state index contributed by atoms with van der Waals surface area (Å²) >= 11 is 0. The molecule has 200 valence electrons. The van der Waals surface area contributed by atoms with E-state index in [1.165, 1.54) is 90.1 Å². The molecule has 0 spiro atoms. The minimum atomic E-state index is 0. The molecule has 8 bridgehead atoms. The van der Waals surface area contributed by atoms with Crippen molar-refractivity contribution in [2.45, 2.75) is 107 Å². The molecule has 0 saturated carbocycles. The maximum atomic E-state index is 5.28. The van der Waals surface area contributed by atoms with Crippen LogP contribution >= 0.6 is 0 Å². The van der Waals surface area contributed by atoms with Crippen LogP contribution in [0.4, 0.5) is 0 Å². The predicted octanol–water partition coefficient (Wildman–Crippen LogP) is 6.41. The first-order chi connectivity index (χ1) is 17.3. The summed E-state index contributed by atoms with van der Waals surface area (Å²) in [5.74, 6) is 0. The first-order valence-corrected chi connectivity index (χ1v) is 14.0. The molecule has 5 rings (SSSR count). The Morgan fingerprint density at radius 2 is 0.784 bits per heavy atom. The topological polar surface area (TPSA) is 59.8 Å². The second kappa shape index (κ2) is 10.8. The van der Waals surface area contributed by atoms with Gasteiger partial charge >= 0.3 is 16.5 Å². The molecule has 5 heteroatoms. The molecule has 0 radical (unpaired) electrons. The van der Waals surface area contributed by atoms with E-state index in [4.69, 9.17) is 9.97 Å². The Morgan fingerprint density at radius 3 is 1.11 bits per heavy atom. The van der Waals surface area contributed by atoms with Crippen LogP contribution in [0.1, 0.15) is 118 Å². The SMILES string of the molecule is CCc1c2[n-]c(c1C)Cc1[nH]c(c(C)c1CC)Cc1[n-]c(c(C)c1CC)Cc1[nH]c(c(C)c1CC)C2.[Ni+2]. The number of aromatic nitrogens is 4. The first kappa shape index (κ1) is 27.6. The van der Waals surface area contributed by atoms with Crippen molar-refractivity contribution in [1.82, 2.24) is 19.9 Å². The van der Waals surface area contributed by atoms with Crippen LogP contribution in [0.25, 0.3) is 0 Å². The summed E-state index contributed by atoms with van der Waals surface area (Å²) in [6.45, 7) is 18.2. The molecule has 1 aliphatic rings. The number of aromatic amines is 2. The monoisotopic (exact) mass is 540 g/mol. The van der Waals surface area contributed by atoms with Crippen molar-refractivity contribution in [1.29, 1.82) is 0 Å². The number of nitrogens with one attached hydrogen (secondary N) is 2. The van der Waals surface area contributed by atoms with E-state index in [9.17, 15) is 0 Å². The van der Waals surface area contributed by atoms with Gasteiger partial charge < -0.3 is 19.9 Å². The smallest absolute Gasteiger partial charge is 0.664 e. The van der Waals surface area contributed by atoms with Crippen LogP contribution in [-0.4, -0.2) is 9.97 Å². The average Bonchev–Trinajstić information content (AvgIpc) is 3.51. The van der Waals surface area contributed by atoms with E-state index in [2.05, 4.69) is 65.4 Å². The fraction of sp³-hybridized carbons (Fsp3) is 0.500. The fourth-order valence-electron chi connectivity index (χ4n) is 6.79. The van der Waals surface area contributed by atoms with Crippen molar-refractivity contribution >= 4 is 0 Å². The number of hydrogen-bond acceptors (Lipinski definition) is 0. The van der Waals surface area contributed by atoms with Gasteiger partial charge in [-0.3, -0.25) is 0 Å². The van der Waals surface area contributed by atoms with Gasteiger partial charge in [-0.25, -0.2) is 0 Å². The molecular weight excluding hydrogens is 499 g/mol. The van der Waals surface area contributed by atoms with Crippen LogP contribution in [-0.2, 0) is 67.9 Å². The molecule has 0 aromatic carbocycles. The van der Waals surface area contributed by atoms with Gasteiger partial charge in [0.25, 0.3) is 0 Å². The van der Waals surface area contributed by atoms with E-state index in [-0.39, 0.29) is 16.5 Å². The maximum Gasteiger partial charge on any atom is 2.00 e. The zero-order chi connectivity index (χ0) is 25.7. The van der Waals surface area contributed by atoms with E-state index in [1.807, 2.05) is 0 Å². The van der Waals surface area contributed by atoms with Crippen molar-refractivity contribution < 1.29 is 16.5 Å². The molecule has 0 atom stereocenters. The Hall–Kier alpha value is -2.39. The molecule has 37 heavy (non-hydrogen) atoms. The van der Waals surface area contributed by atoms with Crippen LogP contribution < -0.4 is 9.97 Å². The number of H-pyrrole nitrogens is 2. The third-order valence-corrected chi connectivity index (χ3v) is 8.94. The van der Waals surface area contributed by atoms with Gasteiger partial charge in [0.2, 0.25) is 0 Å². The molecule has 4 aromatic rings. The van der Waals surface area contributed by atoms with Gasteiger partial charge in [0, 0.05) is 22.8 Å². The third-order valence-electron chi connectivity index (χ3n) is 8.94. The first-order valence-electron chi connectivity index (χ1n) is 14.0. The molecule has 0 amide bonds. The Balaban J connectivity index is 0.00000320. The zero-order valence-corrected chi connectivity index (χ0v) is 24.9. The van der Waals surface area contributed by atoms with Crippen molar-refractivity contribution in [2.24, 2.45) is 0 Å². The molecule has 4 aromatic heterocycles. The molecule has 0 unspecified atom stereocenters. The maximum absolute atomic E-state index is 5.28. The number of rotatable bonds is 4. The van der Waals surface area contributed by atoms with E-state index in [0.717, 1.165) is 51.4 Å². The minimum Gasteiger partial charge on any atom is -0.664 e. The van der Waals surface area contributed by atoms with E-state index >= 15 is 0 Å². The van der Waals surface area contributed by atoms with Gasteiger partial charge in [0.05, 0.1) is 0 Å². The third kappa shape index (κ3) is 4.58. The Morgan fingerprint density at radius 1 is 0.459 bits per heavy atom. The van der Waals surface area contributed by atoms with Gasteiger partial charge in [0.15, 0.2) is 0 Å². The summed E-state index contributed by atoms with van der Waals surface area (Å²) < 4.78 is 0. The summed E-state index contributed by atoms with van der Waals surface area (Å²) in [5.41, 5.74) is 21.6. The number of fused-ring (bicyclic) bond motifs is 8. The summed E-state index contributed by atoms with van der Waals surface area (Å²) in [7, 11) is 0. The van der Waals surface area contributed by atoms with E-state index < -0.39 is 0 Å². The summed E-state index contributed by atoms with van der Waals surface area (Å²) in [6, 6.07) is 0. The second-order valence-corrected chi connectivity index (χ2v) is 10.7. The molecule has 1 aliphatic heterocycles. The summed E-state index contributed by atoms with van der Waals surface area (Å²) in [4.78, 5) is 18.3. The minimum absolute atomic E-state index is 0. The molecule has 4 nitrogen and oxygen atoms in total. The van der Waals surface area contributed by atoms with E-state index in [1.54, 1.807) is 0 Å². The summed E-state index contributed by atoms with van der Waals surface area (Å²) in [6.07, 6.45) is 7.61. The van der Waals surface area contributed by atoms with E-state index in [0.29, 0.717) is 0 Å². The van der Waals surface area contributed by atoms with Crippen LogP contribution in [0.3, 0.4) is 0 Å². The van der Waals surface area contributed by atoms with Gasteiger partial charge in [0.1, 0.15) is 0 Å². The van der Waals surface area contributed by atoms with Gasteiger partial charge in [-0.15, -0.1) is 0 Å². The quantitative estimate of drug-likeness (QED) is 0.258. The molecule has 2 N–H and O–H groups in total. The number of hydrogen-bond donors (Lipinski definition) is 2. The predicted molar refractivity (Wildman–Crippen MR) is 149 cm³/mol. The Labute approximate surface area is 232 Å². The van der Waals surface area contributed by atoms with Crippen LogP contribution in [0.2, 0.25) is 0 Å². The largest absolute Gasteiger partial charge is 2.00 e. The van der Waals surface area contributed by atoms with Crippen molar-refractivity contribution in [3.8, 4) is 0 Å². The van der Waals surface area contributed by atoms with Gasteiger partial charge in [-0.05, 0) is 101 Å². The standard InChI is InChI=1S/C32H42N4.Ni/c1-9-21-17(5)25-14-30-23(11-3)19(7)27(35-30)16-32-24(12-4)20(8)28(36-32)15-31-22(10-2)18(6)26(34-31)13-29(21)33-25;/h33,36H,9-16H2,1-8H3;/q-2;+2. The Bertz CT molecular complexity index is 1200. The fourth-order valence-corrected chi connectivity index (χ4v) is 6.79. The van der Waals surface area contributed by atoms with Crippen molar-refractivity contribution in [3.63, 3.8) is 0 Å². The average molecular weight is 541 g/mol. The molecule has 0 fully saturated rings. The molecule has 0 saturated heterocycles. The Kier molecular flexibility index (Phi) is 8.05. The molecule has 5 heterocycles. The van der Waals surface area contributed by atoms with Crippen LogP contribution in [0.15, 0.2) is 0 Å². The van der Waals surface area contributed by atoms with Crippen LogP contribution in [0, 0.1) is 27.7 Å². The van der Waals surface area contributed by atoms with Crippen molar-refractivity contribution in [3.05, 3.63) is 90.1 Å². The van der Waals surface area contributed by atoms with Gasteiger partial charge in [-0.1, -0.05) is 49.9 Å².